The summed E-state index contributed by atoms with van der Waals surface area (Å²) < 4.78 is 25.1. The highest BCUT2D eigenvalue weighted by atomic mass is 79.9. The van der Waals surface area contributed by atoms with Gasteiger partial charge in [0.05, 0.1) is 48.0 Å². The Balaban J connectivity index is 1.23. The number of phenols is 1. The molecule has 0 spiro atoms. The van der Waals surface area contributed by atoms with Gasteiger partial charge in [0.25, 0.3) is 11.8 Å². The molecule has 3 saturated heterocycles. The van der Waals surface area contributed by atoms with Crippen LogP contribution in [0.2, 0.25) is 0 Å². The lowest BCUT2D eigenvalue weighted by Gasteiger charge is -2.50. The van der Waals surface area contributed by atoms with E-state index in [4.69, 9.17) is 32.7 Å². The molecule has 4 amide bonds. The number of halogens is 4. The smallest absolute Gasteiger partial charge is 0.258 e. The van der Waals surface area contributed by atoms with Crippen LogP contribution in [0.1, 0.15) is 24.3 Å². The first-order chi connectivity index (χ1) is 24.4. The Kier molecular flexibility index (Phi) is 8.25. The minimum Gasteiger partial charge on any atom is -0.503 e. The Morgan fingerprint density at radius 1 is 0.882 bits per heavy atom. The molecular formula is C37H31BrCl2FN3O7. The van der Waals surface area contributed by atoms with E-state index in [-0.39, 0.29) is 40.4 Å². The van der Waals surface area contributed by atoms with Crippen molar-refractivity contribution in [1.82, 2.24) is 0 Å². The highest BCUT2D eigenvalue weighted by Gasteiger charge is 2.76. The van der Waals surface area contributed by atoms with Crippen molar-refractivity contribution in [2.24, 2.45) is 17.8 Å². The van der Waals surface area contributed by atoms with E-state index in [0.717, 1.165) is 35.8 Å². The van der Waals surface area contributed by atoms with Gasteiger partial charge < -0.3 is 19.5 Å². The highest BCUT2D eigenvalue weighted by molar-refractivity contribution is 9.10. The molecule has 5 aliphatic rings. The van der Waals surface area contributed by atoms with Crippen molar-refractivity contribution in [3.8, 4) is 11.5 Å². The third-order valence-corrected chi connectivity index (χ3v) is 13.0. The minimum absolute atomic E-state index is 0.0715. The highest BCUT2D eigenvalue weighted by Crippen LogP contribution is 2.66. The zero-order chi connectivity index (χ0) is 36.0. The van der Waals surface area contributed by atoms with Crippen LogP contribution in [-0.4, -0.2) is 71.9 Å². The molecule has 0 radical (unpaired) electrons. The summed E-state index contributed by atoms with van der Waals surface area (Å²) in [7, 11) is 1.37. The van der Waals surface area contributed by atoms with Gasteiger partial charge in [0.2, 0.25) is 11.8 Å². The number of fused-ring (bicyclic) bond motifs is 4. The Bertz CT molecular complexity index is 2030. The van der Waals surface area contributed by atoms with Gasteiger partial charge in [-0.15, -0.1) is 23.2 Å². The number of carbonyl (C=O) groups excluding carboxylic acids is 4. The zero-order valence-corrected chi connectivity index (χ0v) is 30.3. The van der Waals surface area contributed by atoms with Crippen molar-refractivity contribution >= 4 is 79.8 Å². The topological polar surface area (TPSA) is 117 Å². The van der Waals surface area contributed by atoms with Crippen molar-refractivity contribution in [3.05, 3.63) is 88.2 Å². The Labute approximate surface area is 310 Å². The molecule has 3 heterocycles. The molecule has 6 unspecified atom stereocenters. The van der Waals surface area contributed by atoms with Crippen LogP contribution in [0, 0.1) is 23.6 Å². The molecule has 0 bridgehead atoms. The Morgan fingerprint density at radius 2 is 1.51 bits per heavy atom. The molecule has 10 nitrogen and oxygen atoms in total. The number of ether oxygens (including phenoxy) is 2. The number of phenolic OH excluding ortho intramolecular Hbond substituents is 1. The molecule has 0 aromatic heterocycles. The first kappa shape index (κ1) is 34.1. The van der Waals surface area contributed by atoms with Crippen molar-refractivity contribution in [2.45, 2.75) is 28.5 Å². The molecule has 1 saturated carbocycles. The summed E-state index contributed by atoms with van der Waals surface area (Å²) >= 11 is 18.3. The molecule has 8 rings (SSSR count). The van der Waals surface area contributed by atoms with Gasteiger partial charge in [0.15, 0.2) is 21.2 Å². The van der Waals surface area contributed by atoms with Crippen LogP contribution in [-0.2, 0) is 23.9 Å². The molecule has 3 aliphatic heterocycles. The lowest BCUT2D eigenvalue weighted by Crippen LogP contribution is -2.60. The van der Waals surface area contributed by atoms with Gasteiger partial charge in [-0.25, -0.2) is 9.29 Å². The molecule has 1 N–H and O–H groups in total. The fraction of sp³-hybridized carbons (Fsp3) is 0.351. The number of aromatic hydroxyl groups is 1. The third-order valence-electron chi connectivity index (χ3n) is 11.0. The number of benzene rings is 3. The van der Waals surface area contributed by atoms with Crippen LogP contribution in [0.4, 0.5) is 21.5 Å². The number of anilines is 3. The normalized spacial score (nSPS) is 30.3. The summed E-state index contributed by atoms with van der Waals surface area (Å²) in [4.78, 5) is 57.6. The van der Waals surface area contributed by atoms with Gasteiger partial charge in [0, 0.05) is 24.7 Å². The van der Waals surface area contributed by atoms with Crippen LogP contribution in [0.3, 0.4) is 0 Å². The SMILES string of the molecule is COc1cc(C2C3=CCC4C(=O)N(c5ccc(N6CCOCC6)cc5)C(=O)C4C3CC3(Cl)C(=O)N(c4ccc(F)cc4)C(=O)C23Cl)cc(Br)c1O. The van der Waals surface area contributed by atoms with Crippen LogP contribution >= 0.6 is 39.1 Å². The summed E-state index contributed by atoms with van der Waals surface area (Å²) in [5.41, 5.74) is 2.43. The number of imide groups is 2. The predicted octanol–water partition coefficient (Wildman–Crippen LogP) is 5.91. The monoisotopic (exact) mass is 797 g/mol. The first-order valence-electron chi connectivity index (χ1n) is 16.5. The maximum absolute atomic E-state index is 14.6. The molecule has 3 aromatic rings. The van der Waals surface area contributed by atoms with E-state index in [9.17, 15) is 28.7 Å². The number of alkyl halides is 2. The zero-order valence-electron chi connectivity index (χ0n) is 27.2. The van der Waals surface area contributed by atoms with Crippen molar-refractivity contribution < 1.29 is 38.1 Å². The van der Waals surface area contributed by atoms with Crippen LogP contribution in [0.25, 0.3) is 0 Å². The lowest BCUT2D eigenvalue weighted by molar-refractivity contribution is -0.125. The number of rotatable bonds is 5. The number of nitrogens with zero attached hydrogens (tertiary/aromatic N) is 3. The number of allylic oxidation sites excluding steroid dienone is 2. The minimum atomic E-state index is -2.13. The molecule has 14 heteroatoms. The summed E-state index contributed by atoms with van der Waals surface area (Å²) in [6.07, 6.45) is 1.80. The molecule has 51 heavy (non-hydrogen) atoms. The standard InChI is InChI=1S/C37H31BrCl2FN3O7/c1-50-28-17-19(16-27(38)31(28)45)30-24-10-11-25-29(33(47)43(32(25)46)22-8-6-21(7-9-22)42-12-14-51-15-13-42)26(24)18-36(39)34(48)44(35(49)37(30,36)40)23-4-2-20(41)3-5-23/h2-10,16-17,25-26,29-30,45H,11-15,18H2,1H3. The second-order valence-corrected chi connectivity index (χ2v) is 15.5. The lowest BCUT2D eigenvalue weighted by atomic mass is 9.56. The quantitative estimate of drug-likeness (QED) is 0.193. The Morgan fingerprint density at radius 3 is 2.18 bits per heavy atom. The molecule has 264 valence electrons. The number of hydrogen-bond donors (Lipinski definition) is 1. The number of amides is 4. The fourth-order valence-electron chi connectivity index (χ4n) is 8.58. The largest absolute Gasteiger partial charge is 0.503 e. The molecule has 4 fully saturated rings. The van der Waals surface area contributed by atoms with Gasteiger partial charge in [-0.2, -0.15) is 0 Å². The van der Waals surface area contributed by atoms with E-state index in [1.165, 1.54) is 30.2 Å². The molecule has 2 aliphatic carbocycles. The van der Waals surface area contributed by atoms with E-state index in [1.54, 1.807) is 18.2 Å². The average Bonchev–Trinajstić information content (AvgIpc) is 3.47. The van der Waals surface area contributed by atoms with E-state index >= 15 is 0 Å². The third kappa shape index (κ3) is 4.89. The summed E-state index contributed by atoms with van der Waals surface area (Å²) in [6, 6.07) is 15.2. The molecule has 3 aromatic carbocycles. The number of morpholine rings is 1. The van der Waals surface area contributed by atoms with Gasteiger partial charge in [-0.05, 0) is 101 Å². The van der Waals surface area contributed by atoms with Gasteiger partial charge in [-0.3, -0.25) is 24.1 Å². The van der Waals surface area contributed by atoms with Gasteiger partial charge in [-0.1, -0.05) is 11.6 Å². The van der Waals surface area contributed by atoms with Crippen LogP contribution in [0.15, 0.2) is 76.8 Å². The molecule has 6 atom stereocenters. The van der Waals surface area contributed by atoms with Crippen molar-refractivity contribution in [2.75, 3.05) is 48.1 Å². The second kappa shape index (κ2) is 12.3. The fourth-order valence-corrected chi connectivity index (χ4v) is 9.97. The van der Waals surface area contributed by atoms with E-state index in [2.05, 4.69) is 20.8 Å². The number of carbonyl (C=O) groups is 4. The summed E-state index contributed by atoms with van der Waals surface area (Å²) in [5.74, 6) is -6.64. The summed E-state index contributed by atoms with van der Waals surface area (Å²) in [5, 5.41) is 10.7. The van der Waals surface area contributed by atoms with E-state index in [1.807, 2.05) is 18.2 Å². The first-order valence-corrected chi connectivity index (χ1v) is 18.0. The summed E-state index contributed by atoms with van der Waals surface area (Å²) in [6.45, 7) is 2.68. The maximum atomic E-state index is 14.6. The number of hydrogen-bond acceptors (Lipinski definition) is 8. The van der Waals surface area contributed by atoms with Gasteiger partial charge >= 0.3 is 0 Å². The van der Waals surface area contributed by atoms with Crippen LogP contribution in [0.5, 0.6) is 11.5 Å². The second-order valence-electron chi connectivity index (χ2n) is 13.4. The Hall–Kier alpha value is -3.97. The van der Waals surface area contributed by atoms with E-state index in [0.29, 0.717) is 30.0 Å². The van der Waals surface area contributed by atoms with Crippen molar-refractivity contribution in [3.63, 3.8) is 0 Å². The maximum Gasteiger partial charge on any atom is 0.258 e. The van der Waals surface area contributed by atoms with Crippen molar-refractivity contribution in [1.29, 1.82) is 0 Å². The van der Waals surface area contributed by atoms with Crippen LogP contribution < -0.4 is 19.4 Å². The average molecular weight is 799 g/mol. The van der Waals surface area contributed by atoms with Gasteiger partial charge in [0.1, 0.15) is 5.82 Å². The number of methoxy groups -OCH3 is 1. The molecular weight excluding hydrogens is 768 g/mol. The van der Waals surface area contributed by atoms with E-state index < -0.39 is 57.0 Å². The predicted molar refractivity (Wildman–Crippen MR) is 191 cm³/mol.